The van der Waals surface area contributed by atoms with Crippen molar-refractivity contribution >= 4 is 11.9 Å². The Morgan fingerprint density at radius 1 is 1.07 bits per heavy atom. The van der Waals surface area contributed by atoms with Gasteiger partial charge in [0.1, 0.15) is 0 Å². The average molecular weight is 368 g/mol. The van der Waals surface area contributed by atoms with Crippen LogP contribution in [0.25, 0.3) is 0 Å². The van der Waals surface area contributed by atoms with E-state index in [4.69, 9.17) is 4.74 Å². The van der Waals surface area contributed by atoms with Crippen molar-refractivity contribution in [1.29, 1.82) is 0 Å². The molecule has 27 heavy (non-hydrogen) atoms. The van der Waals surface area contributed by atoms with Gasteiger partial charge in [-0.3, -0.25) is 14.6 Å². The second kappa shape index (κ2) is 10.5. The molecule has 5 heteroatoms. The normalized spacial score (nSPS) is 11.7. The van der Waals surface area contributed by atoms with E-state index in [9.17, 15) is 9.59 Å². The Bertz CT molecular complexity index is 729. The van der Waals surface area contributed by atoms with E-state index in [1.807, 2.05) is 12.1 Å². The van der Waals surface area contributed by atoms with Gasteiger partial charge in [-0.2, -0.15) is 0 Å². The first-order valence-corrected chi connectivity index (χ1v) is 9.29. The van der Waals surface area contributed by atoms with Gasteiger partial charge in [0.15, 0.2) is 0 Å². The molecule has 2 aromatic rings. The molecule has 0 aliphatic rings. The number of esters is 1. The fraction of sp³-hybridized carbons (Fsp3) is 0.409. The number of pyridine rings is 1. The van der Waals surface area contributed by atoms with Crippen LogP contribution in [0.3, 0.4) is 0 Å². The van der Waals surface area contributed by atoms with Gasteiger partial charge in [-0.1, -0.05) is 36.8 Å². The Morgan fingerprint density at radius 3 is 2.37 bits per heavy atom. The number of methoxy groups -OCH3 is 1. The van der Waals surface area contributed by atoms with Crippen LogP contribution >= 0.6 is 0 Å². The molecular weight excluding hydrogens is 340 g/mol. The minimum Gasteiger partial charge on any atom is -0.469 e. The van der Waals surface area contributed by atoms with Gasteiger partial charge in [-0.05, 0) is 43.0 Å². The number of carbonyl (C=O) groups excluding carboxylic acids is 2. The highest BCUT2D eigenvalue weighted by Crippen LogP contribution is 2.13. The third kappa shape index (κ3) is 6.85. The number of ether oxygens (including phenoxy) is 1. The van der Waals surface area contributed by atoms with Crippen LogP contribution in [0, 0.1) is 12.8 Å². The first kappa shape index (κ1) is 20.6. The number of aromatic nitrogens is 1. The minimum absolute atomic E-state index is 0.0506. The maximum absolute atomic E-state index is 12.8. The van der Waals surface area contributed by atoms with Gasteiger partial charge >= 0.3 is 5.97 Å². The topological polar surface area (TPSA) is 59.5 Å². The molecule has 0 N–H and O–H groups in total. The maximum Gasteiger partial charge on any atom is 0.310 e. The molecule has 0 bridgehead atoms. The van der Waals surface area contributed by atoms with Gasteiger partial charge in [-0.15, -0.1) is 0 Å². The summed E-state index contributed by atoms with van der Waals surface area (Å²) in [5.41, 5.74) is 3.46. The van der Waals surface area contributed by atoms with Gasteiger partial charge in [0.2, 0.25) is 5.91 Å². The molecule has 0 aliphatic carbocycles. The monoisotopic (exact) mass is 368 g/mol. The lowest BCUT2D eigenvalue weighted by Gasteiger charge is -2.25. The summed E-state index contributed by atoms with van der Waals surface area (Å²) < 4.78 is 4.80. The fourth-order valence-electron chi connectivity index (χ4n) is 2.93. The van der Waals surface area contributed by atoms with Crippen LogP contribution < -0.4 is 0 Å². The number of hydrogen-bond acceptors (Lipinski definition) is 4. The standard InChI is InChI=1S/C22H28N2O3/c1-17-7-9-19(10-8-17)5-4-6-21(25)24(15-18(2)22(26)27-3)16-20-11-13-23-14-12-20/h7-14,18H,4-6,15-16H2,1-3H3. The molecule has 5 nitrogen and oxygen atoms in total. The van der Waals surface area contributed by atoms with Crippen LogP contribution in [0.4, 0.5) is 0 Å². The zero-order valence-corrected chi connectivity index (χ0v) is 16.4. The van der Waals surface area contributed by atoms with Gasteiger partial charge in [0.25, 0.3) is 0 Å². The van der Waals surface area contributed by atoms with Gasteiger partial charge in [0, 0.05) is 31.9 Å². The van der Waals surface area contributed by atoms with Crippen molar-refractivity contribution < 1.29 is 14.3 Å². The summed E-state index contributed by atoms with van der Waals surface area (Å²) in [6, 6.07) is 12.2. The number of benzene rings is 1. The van der Waals surface area contributed by atoms with E-state index in [1.165, 1.54) is 18.2 Å². The van der Waals surface area contributed by atoms with E-state index in [0.29, 0.717) is 19.5 Å². The van der Waals surface area contributed by atoms with Crippen molar-refractivity contribution in [3.63, 3.8) is 0 Å². The molecule has 0 saturated carbocycles. The molecule has 1 heterocycles. The van der Waals surface area contributed by atoms with Crippen LogP contribution in [0.1, 0.15) is 36.5 Å². The Kier molecular flexibility index (Phi) is 7.99. The fourth-order valence-corrected chi connectivity index (χ4v) is 2.93. The van der Waals surface area contributed by atoms with Gasteiger partial charge < -0.3 is 9.64 Å². The maximum atomic E-state index is 12.8. The van der Waals surface area contributed by atoms with Crippen molar-refractivity contribution in [2.75, 3.05) is 13.7 Å². The Labute approximate surface area is 161 Å². The third-order valence-corrected chi connectivity index (χ3v) is 4.55. The number of nitrogens with zero attached hydrogens (tertiary/aromatic N) is 2. The molecular formula is C22H28N2O3. The highest BCUT2D eigenvalue weighted by atomic mass is 16.5. The Morgan fingerprint density at radius 2 is 1.74 bits per heavy atom. The molecule has 0 saturated heterocycles. The van der Waals surface area contributed by atoms with E-state index in [0.717, 1.165) is 18.4 Å². The van der Waals surface area contributed by atoms with Gasteiger partial charge in [0.05, 0.1) is 13.0 Å². The number of aryl methyl sites for hydroxylation is 2. The summed E-state index contributed by atoms with van der Waals surface area (Å²) in [4.78, 5) is 30.3. The smallest absolute Gasteiger partial charge is 0.310 e. The number of rotatable bonds is 9. The predicted molar refractivity (Wildman–Crippen MR) is 105 cm³/mol. The molecule has 1 aromatic heterocycles. The van der Waals surface area contributed by atoms with E-state index in [-0.39, 0.29) is 17.8 Å². The van der Waals surface area contributed by atoms with Crippen LogP contribution in [0.15, 0.2) is 48.8 Å². The van der Waals surface area contributed by atoms with Crippen molar-refractivity contribution in [2.45, 2.75) is 39.7 Å². The molecule has 0 aliphatic heterocycles. The van der Waals surface area contributed by atoms with E-state index in [1.54, 1.807) is 24.2 Å². The van der Waals surface area contributed by atoms with Crippen molar-refractivity contribution in [3.8, 4) is 0 Å². The first-order chi connectivity index (χ1) is 13.0. The lowest BCUT2D eigenvalue weighted by atomic mass is 10.1. The summed E-state index contributed by atoms with van der Waals surface area (Å²) in [5, 5.41) is 0. The first-order valence-electron chi connectivity index (χ1n) is 9.29. The molecule has 0 spiro atoms. The van der Waals surface area contributed by atoms with Crippen molar-refractivity contribution in [2.24, 2.45) is 5.92 Å². The Hall–Kier alpha value is -2.69. The molecule has 144 valence electrons. The lowest BCUT2D eigenvalue weighted by molar-refractivity contribution is -0.146. The number of hydrogen-bond donors (Lipinski definition) is 0. The molecule has 1 aromatic carbocycles. The summed E-state index contributed by atoms with van der Waals surface area (Å²) in [5.74, 6) is -0.616. The highest BCUT2D eigenvalue weighted by Gasteiger charge is 2.21. The number of amides is 1. The zero-order valence-electron chi connectivity index (χ0n) is 16.4. The summed E-state index contributed by atoms with van der Waals surface area (Å²) in [6.45, 7) is 4.66. The van der Waals surface area contributed by atoms with E-state index < -0.39 is 0 Å². The number of carbonyl (C=O) groups is 2. The van der Waals surface area contributed by atoms with E-state index >= 15 is 0 Å². The van der Waals surface area contributed by atoms with Crippen molar-refractivity contribution in [3.05, 3.63) is 65.5 Å². The molecule has 0 fully saturated rings. The van der Waals surface area contributed by atoms with Crippen molar-refractivity contribution in [1.82, 2.24) is 9.88 Å². The average Bonchev–Trinajstić information content (AvgIpc) is 2.69. The van der Waals surface area contributed by atoms with E-state index in [2.05, 4.69) is 36.2 Å². The molecule has 1 amide bonds. The second-order valence-electron chi connectivity index (χ2n) is 6.89. The third-order valence-electron chi connectivity index (χ3n) is 4.55. The lowest BCUT2D eigenvalue weighted by Crippen LogP contribution is -2.36. The van der Waals surface area contributed by atoms with Gasteiger partial charge in [-0.25, -0.2) is 0 Å². The zero-order chi connectivity index (χ0) is 19.6. The molecule has 2 rings (SSSR count). The molecule has 1 atom stereocenters. The minimum atomic E-state index is -0.363. The second-order valence-corrected chi connectivity index (χ2v) is 6.89. The molecule has 1 unspecified atom stereocenters. The summed E-state index contributed by atoms with van der Waals surface area (Å²) in [6.07, 6.45) is 5.51. The summed E-state index contributed by atoms with van der Waals surface area (Å²) in [7, 11) is 1.37. The highest BCUT2D eigenvalue weighted by molar-refractivity contribution is 5.78. The Balaban J connectivity index is 1.96. The van der Waals surface area contributed by atoms with Crippen LogP contribution in [-0.4, -0.2) is 35.4 Å². The van der Waals surface area contributed by atoms with Crippen LogP contribution in [0.2, 0.25) is 0 Å². The quantitative estimate of drug-likeness (QED) is 0.635. The molecule has 0 radical (unpaired) electrons. The predicted octanol–water partition coefficient (Wildman–Crippen LogP) is 3.55. The SMILES string of the molecule is COC(=O)C(C)CN(Cc1ccncc1)C(=O)CCCc1ccc(C)cc1. The largest absolute Gasteiger partial charge is 0.469 e. The van der Waals surface area contributed by atoms with Crippen LogP contribution in [0.5, 0.6) is 0 Å². The van der Waals surface area contributed by atoms with Crippen LogP contribution in [-0.2, 0) is 27.3 Å². The summed E-state index contributed by atoms with van der Waals surface area (Å²) >= 11 is 0.